The summed E-state index contributed by atoms with van der Waals surface area (Å²) in [6, 6.07) is 7.25. The lowest BCUT2D eigenvalue weighted by Gasteiger charge is -2.32. The van der Waals surface area contributed by atoms with Crippen LogP contribution in [0.25, 0.3) is 5.69 Å². The van der Waals surface area contributed by atoms with Crippen molar-refractivity contribution in [1.82, 2.24) is 9.78 Å². The highest BCUT2D eigenvalue weighted by Gasteiger charge is 2.34. The largest absolute Gasteiger partial charge is 0.497 e. The molecule has 1 saturated carbocycles. The first-order chi connectivity index (χ1) is 14.8. The second-order valence-electron chi connectivity index (χ2n) is 8.49. The predicted octanol–water partition coefficient (Wildman–Crippen LogP) is 4.63. The van der Waals surface area contributed by atoms with E-state index in [0.29, 0.717) is 17.5 Å². The van der Waals surface area contributed by atoms with Gasteiger partial charge in [-0.1, -0.05) is 13.0 Å². The van der Waals surface area contributed by atoms with E-state index in [1.54, 1.807) is 29.8 Å². The number of anilines is 1. The van der Waals surface area contributed by atoms with Crippen LogP contribution in [0.2, 0.25) is 0 Å². The number of rotatable bonds is 7. The van der Waals surface area contributed by atoms with Gasteiger partial charge in [-0.2, -0.15) is 0 Å². The van der Waals surface area contributed by atoms with Gasteiger partial charge in [0.15, 0.2) is 5.82 Å². The van der Waals surface area contributed by atoms with Crippen molar-refractivity contribution in [3.05, 3.63) is 36.0 Å². The molecule has 0 unspecified atom stereocenters. The molecule has 1 aliphatic rings. The summed E-state index contributed by atoms with van der Waals surface area (Å²) in [4.78, 5) is 28.0. The van der Waals surface area contributed by atoms with E-state index in [1.165, 1.54) is 0 Å². The molecule has 0 atom stereocenters. The van der Waals surface area contributed by atoms with Crippen LogP contribution in [0.4, 0.5) is 5.82 Å². The van der Waals surface area contributed by atoms with Crippen LogP contribution in [0.1, 0.15) is 63.7 Å². The SMILES string of the molecule is CCOC(=O)c1cn(-c2cccc(OC)c2)nc1N(C(=O)C1CCC(C)CC1)C(C)C. The first kappa shape index (κ1) is 22.8. The van der Waals surface area contributed by atoms with Gasteiger partial charge in [0.2, 0.25) is 5.91 Å². The molecule has 1 amide bonds. The number of benzene rings is 1. The minimum atomic E-state index is -0.484. The molecule has 168 valence electrons. The third-order valence-corrected chi connectivity index (χ3v) is 5.86. The van der Waals surface area contributed by atoms with Crippen LogP contribution in [0.3, 0.4) is 0 Å². The van der Waals surface area contributed by atoms with Crippen molar-refractivity contribution in [2.24, 2.45) is 11.8 Å². The maximum absolute atomic E-state index is 13.5. The summed E-state index contributed by atoms with van der Waals surface area (Å²) in [7, 11) is 1.60. The molecule has 1 heterocycles. The molecule has 7 nitrogen and oxygen atoms in total. The molecule has 31 heavy (non-hydrogen) atoms. The monoisotopic (exact) mass is 427 g/mol. The molecule has 0 bridgehead atoms. The van der Waals surface area contributed by atoms with Gasteiger partial charge < -0.3 is 9.47 Å². The Balaban J connectivity index is 2.03. The Kier molecular flexibility index (Phi) is 7.36. The lowest BCUT2D eigenvalue weighted by atomic mass is 9.82. The van der Waals surface area contributed by atoms with E-state index in [2.05, 4.69) is 12.0 Å². The standard InChI is InChI=1S/C24H33N3O4/c1-6-31-24(29)21-15-26(19-8-7-9-20(14-19)30-5)25-22(21)27(16(2)3)23(28)18-12-10-17(4)11-13-18/h7-9,14-18H,6,10-13H2,1-5H3. The third kappa shape index (κ3) is 5.09. The van der Waals surface area contributed by atoms with Crippen molar-refractivity contribution in [3.8, 4) is 11.4 Å². The average Bonchev–Trinajstić information content (AvgIpc) is 3.19. The zero-order chi connectivity index (χ0) is 22.5. The Labute approximate surface area is 184 Å². The quantitative estimate of drug-likeness (QED) is 0.603. The van der Waals surface area contributed by atoms with E-state index in [0.717, 1.165) is 31.4 Å². The Morgan fingerprint density at radius 1 is 1.23 bits per heavy atom. The molecule has 0 saturated heterocycles. The number of esters is 1. The van der Waals surface area contributed by atoms with Crippen molar-refractivity contribution in [2.75, 3.05) is 18.6 Å². The van der Waals surface area contributed by atoms with Gasteiger partial charge in [-0.25, -0.2) is 9.48 Å². The van der Waals surface area contributed by atoms with Gasteiger partial charge in [-0.15, -0.1) is 5.10 Å². The molecule has 0 N–H and O–H groups in total. The average molecular weight is 428 g/mol. The van der Waals surface area contributed by atoms with Crippen LogP contribution in [-0.2, 0) is 9.53 Å². The number of methoxy groups -OCH3 is 1. The van der Waals surface area contributed by atoms with E-state index >= 15 is 0 Å². The summed E-state index contributed by atoms with van der Waals surface area (Å²) in [5.41, 5.74) is 1.02. The molecule has 7 heteroatoms. The smallest absolute Gasteiger partial charge is 0.343 e. The molecule has 0 aliphatic heterocycles. The highest BCUT2D eigenvalue weighted by Crippen LogP contribution is 2.33. The summed E-state index contributed by atoms with van der Waals surface area (Å²) >= 11 is 0. The molecule has 2 aromatic rings. The minimum Gasteiger partial charge on any atom is -0.497 e. The molecule has 1 aromatic heterocycles. The Morgan fingerprint density at radius 2 is 1.94 bits per heavy atom. The molecule has 1 aromatic carbocycles. The van der Waals surface area contributed by atoms with Crippen LogP contribution in [-0.4, -0.2) is 41.4 Å². The summed E-state index contributed by atoms with van der Waals surface area (Å²) in [6.45, 7) is 8.14. The fourth-order valence-electron chi connectivity index (χ4n) is 4.09. The number of carbonyl (C=O) groups is 2. The zero-order valence-corrected chi connectivity index (χ0v) is 19.1. The van der Waals surface area contributed by atoms with Crippen LogP contribution in [0.15, 0.2) is 30.5 Å². The molecule has 0 spiro atoms. The van der Waals surface area contributed by atoms with E-state index in [9.17, 15) is 9.59 Å². The number of amides is 1. The van der Waals surface area contributed by atoms with Crippen molar-refractivity contribution in [2.45, 2.75) is 59.4 Å². The van der Waals surface area contributed by atoms with Crippen LogP contribution in [0.5, 0.6) is 5.75 Å². The van der Waals surface area contributed by atoms with Crippen molar-refractivity contribution < 1.29 is 19.1 Å². The van der Waals surface area contributed by atoms with E-state index in [-0.39, 0.29) is 30.0 Å². The second-order valence-corrected chi connectivity index (χ2v) is 8.49. The van der Waals surface area contributed by atoms with Crippen molar-refractivity contribution in [1.29, 1.82) is 0 Å². The number of carbonyl (C=O) groups excluding carboxylic acids is 2. The van der Waals surface area contributed by atoms with Crippen LogP contribution >= 0.6 is 0 Å². The third-order valence-electron chi connectivity index (χ3n) is 5.86. The van der Waals surface area contributed by atoms with Crippen LogP contribution in [0, 0.1) is 11.8 Å². The maximum atomic E-state index is 13.5. The zero-order valence-electron chi connectivity index (χ0n) is 19.1. The van der Waals surface area contributed by atoms with Gasteiger partial charge >= 0.3 is 5.97 Å². The normalized spacial score (nSPS) is 18.6. The molecule has 0 radical (unpaired) electrons. The molecule has 1 fully saturated rings. The fraction of sp³-hybridized carbons (Fsp3) is 0.542. The first-order valence-electron chi connectivity index (χ1n) is 11.1. The molecule has 3 rings (SSSR count). The number of hydrogen-bond acceptors (Lipinski definition) is 5. The number of nitrogens with zero attached hydrogens (tertiary/aromatic N) is 3. The number of aromatic nitrogens is 2. The van der Waals surface area contributed by atoms with E-state index in [1.807, 2.05) is 38.1 Å². The maximum Gasteiger partial charge on any atom is 0.343 e. The highest BCUT2D eigenvalue weighted by atomic mass is 16.5. The fourth-order valence-corrected chi connectivity index (χ4v) is 4.09. The topological polar surface area (TPSA) is 73.7 Å². The van der Waals surface area contributed by atoms with E-state index in [4.69, 9.17) is 9.47 Å². The minimum absolute atomic E-state index is 0.0309. The number of ether oxygens (including phenoxy) is 2. The summed E-state index contributed by atoms with van der Waals surface area (Å²) in [5.74, 6) is 1.18. The van der Waals surface area contributed by atoms with Gasteiger partial charge in [0.05, 0.1) is 19.4 Å². The lowest BCUT2D eigenvalue weighted by Crippen LogP contribution is -2.43. The second kappa shape index (κ2) is 9.98. The van der Waals surface area contributed by atoms with Gasteiger partial charge in [0.25, 0.3) is 0 Å². The lowest BCUT2D eigenvalue weighted by molar-refractivity contribution is -0.123. The van der Waals surface area contributed by atoms with Crippen LogP contribution < -0.4 is 9.64 Å². The summed E-state index contributed by atoms with van der Waals surface area (Å²) in [6.07, 6.45) is 5.47. The van der Waals surface area contributed by atoms with E-state index < -0.39 is 5.97 Å². The molecular weight excluding hydrogens is 394 g/mol. The first-order valence-corrected chi connectivity index (χ1v) is 11.1. The summed E-state index contributed by atoms with van der Waals surface area (Å²) in [5, 5.41) is 4.68. The van der Waals surface area contributed by atoms with Crippen molar-refractivity contribution in [3.63, 3.8) is 0 Å². The molecule has 1 aliphatic carbocycles. The van der Waals surface area contributed by atoms with Gasteiger partial charge in [0, 0.05) is 24.2 Å². The van der Waals surface area contributed by atoms with Gasteiger partial charge in [-0.3, -0.25) is 9.69 Å². The Hall–Kier alpha value is -2.83. The van der Waals surface area contributed by atoms with Gasteiger partial charge in [-0.05, 0) is 64.5 Å². The van der Waals surface area contributed by atoms with Gasteiger partial charge in [0.1, 0.15) is 11.3 Å². The Bertz CT molecular complexity index is 913. The molecular formula is C24H33N3O4. The predicted molar refractivity (Wildman–Crippen MR) is 120 cm³/mol. The Morgan fingerprint density at radius 3 is 2.55 bits per heavy atom. The highest BCUT2D eigenvalue weighted by molar-refractivity contribution is 6.02. The summed E-state index contributed by atoms with van der Waals surface area (Å²) < 4.78 is 12.2. The van der Waals surface area contributed by atoms with Crippen molar-refractivity contribution >= 4 is 17.7 Å². The number of hydrogen-bond donors (Lipinski definition) is 0.